The van der Waals surface area contributed by atoms with E-state index in [1.807, 2.05) is 60.8 Å². The highest BCUT2D eigenvalue weighted by atomic mass is 16.5. The normalized spacial score (nSPS) is 10.6. The van der Waals surface area contributed by atoms with Crippen LogP contribution in [-0.4, -0.2) is 13.3 Å². The lowest BCUT2D eigenvalue weighted by atomic mass is 10.2. The molecule has 0 aliphatic carbocycles. The molecule has 17 heavy (non-hydrogen) atoms. The lowest BCUT2D eigenvalue weighted by Gasteiger charge is -2.04. The van der Waals surface area contributed by atoms with Crippen LogP contribution in [0.5, 0.6) is 5.75 Å². The van der Waals surface area contributed by atoms with Gasteiger partial charge in [-0.3, -0.25) is 4.99 Å². The molecule has 2 aromatic carbocycles. The van der Waals surface area contributed by atoms with Crippen LogP contribution in [0.4, 0.5) is 0 Å². The molecule has 0 saturated heterocycles. The van der Waals surface area contributed by atoms with E-state index in [0.29, 0.717) is 6.54 Å². The third-order valence-corrected chi connectivity index (χ3v) is 2.49. The summed E-state index contributed by atoms with van der Waals surface area (Å²) in [5.41, 5.74) is 2.21. The van der Waals surface area contributed by atoms with Gasteiger partial charge in [-0.05, 0) is 11.6 Å². The lowest BCUT2D eigenvalue weighted by molar-refractivity contribution is 0.410. The van der Waals surface area contributed by atoms with Gasteiger partial charge >= 0.3 is 0 Å². The first kappa shape index (κ1) is 11.4. The highest BCUT2D eigenvalue weighted by molar-refractivity contribution is 5.79. The van der Waals surface area contributed by atoms with Gasteiger partial charge in [0.25, 0.3) is 0 Å². The van der Waals surface area contributed by atoms with Crippen molar-refractivity contribution >= 4 is 6.21 Å². The molecule has 0 aromatic heterocycles. The van der Waals surface area contributed by atoms with Crippen molar-refractivity contribution in [3.05, 3.63) is 65.7 Å². The number of nitrogens with zero attached hydrogens (tertiary/aromatic N) is 1. The minimum absolute atomic E-state index is 0.638. The van der Waals surface area contributed by atoms with E-state index in [-0.39, 0.29) is 0 Å². The van der Waals surface area contributed by atoms with Crippen LogP contribution in [0.15, 0.2) is 59.6 Å². The van der Waals surface area contributed by atoms with Gasteiger partial charge in [0.05, 0.1) is 13.7 Å². The van der Waals surface area contributed by atoms with Crippen LogP contribution in [-0.2, 0) is 6.54 Å². The zero-order valence-corrected chi connectivity index (χ0v) is 9.84. The Labute approximate surface area is 102 Å². The topological polar surface area (TPSA) is 21.6 Å². The van der Waals surface area contributed by atoms with Gasteiger partial charge in [0.15, 0.2) is 0 Å². The summed E-state index contributed by atoms with van der Waals surface area (Å²) in [6.45, 7) is 0.638. The first-order chi connectivity index (χ1) is 8.40. The predicted octanol–water partition coefficient (Wildman–Crippen LogP) is 3.31. The number of para-hydroxylation sites is 1. The van der Waals surface area contributed by atoms with Crippen molar-refractivity contribution in [2.24, 2.45) is 4.99 Å². The standard InChI is InChI=1S/C15H15NO/c1-17-15-10-6-5-9-14(15)12-16-11-13-7-3-2-4-8-13/h2-11H,12H2,1H3. The molecule has 0 spiro atoms. The molecule has 0 radical (unpaired) electrons. The van der Waals surface area contributed by atoms with Gasteiger partial charge in [-0.25, -0.2) is 0 Å². The number of hydrogen-bond donors (Lipinski definition) is 0. The van der Waals surface area contributed by atoms with Crippen molar-refractivity contribution in [2.75, 3.05) is 7.11 Å². The Morgan fingerprint density at radius 3 is 2.47 bits per heavy atom. The van der Waals surface area contributed by atoms with Gasteiger partial charge in [0.1, 0.15) is 5.75 Å². The Hall–Kier alpha value is -2.09. The van der Waals surface area contributed by atoms with Gasteiger partial charge < -0.3 is 4.74 Å². The Bertz CT molecular complexity index is 491. The van der Waals surface area contributed by atoms with E-state index >= 15 is 0 Å². The second-order valence-corrected chi connectivity index (χ2v) is 3.69. The average Bonchev–Trinajstić information content (AvgIpc) is 2.40. The molecule has 2 nitrogen and oxygen atoms in total. The van der Waals surface area contributed by atoms with Crippen molar-refractivity contribution < 1.29 is 4.74 Å². The number of aliphatic imine (C=N–C) groups is 1. The fourth-order valence-electron chi connectivity index (χ4n) is 1.62. The monoisotopic (exact) mass is 225 g/mol. The number of hydrogen-bond acceptors (Lipinski definition) is 2. The SMILES string of the molecule is COc1ccccc1CN=Cc1ccccc1. The number of methoxy groups -OCH3 is 1. The highest BCUT2D eigenvalue weighted by Gasteiger charge is 1.98. The molecule has 86 valence electrons. The maximum absolute atomic E-state index is 5.27. The van der Waals surface area contributed by atoms with E-state index in [0.717, 1.165) is 16.9 Å². The molecule has 2 heteroatoms. The molecular formula is C15H15NO. The first-order valence-corrected chi connectivity index (χ1v) is 5.57. The molecule has 0 heterocycles. The highest BCUT2D eigenvalue weighted by Crippen LogP contribution is 2.17. The third kappa shape index (κ3) is 3.18. The van der Waals surface area contributed by atoms with E-state index in [1.54, 1.807) is 7.11 Å². The number of rotatable bonds is 4. The second kappa shape index (κ2) is 5.85. The predicted molar refractivity (Wildman–Crippen MR) is 70.7 cm³/mol. The molecule has 0 bridgehead atoms. The van der Waals surface area contributed by atoms with Crippen LogP contribution in [0.1, 0.15) is 11.1 Å². The Morgan fingerprint density at radius 1 is 1.00 bits per heavy atom. The zero-order chi connectivity index (χ0) is 11.9. The third-order valence-electron chi connectivity index (χ3n) is 2.49. The van der Waals surface area contributed by atoms with Crippen molar-refractivity contribution in [1.82, 2.24) is 0 Å². The summed E-state index contributed by atoms with van der Waals surface area (Å²) in [5, 5.41) is 0. The van der Waals surface area contributed by atoms with E-state index in [4.69, 9.17) is 4.74 Å². The van der Waals surface area contributed by atoms with Crippen molar-refractivity contribution in [1.29, 1.82) is 0 Å². The van der Waals surface area contributed by atoms with Crippen molar-refractivity contribution in [2.45, 2.75) is 6.54 Å². The number of ether oxygens (including phenoxy) is 1. The van der Waals surface area contributed by atoms with Crippen LogP contribution in [0.3, 0.4) is 0 Å². The summed E-state index contributed by atoms with van der Waals surface area (Å²) in [5.74, 6) is 0.887. The van der Waals surface area contributed by atoms with Crippen molar-refractivity contribution in [3.63, 3.8) is 0 Å². The largest absolute Gasteiger partial charge is 0.496 e. The van der Waals surface area contributed by atoms with E-state index < -0.39 is 0 Å². The molecule has 0 unspecified atom stereocenters. The quantitative estimate of drug-likeness (QED) is 0.731. The van der Waals surface area contributed by atoms with E-state index in [9.17, 15) is 0 Å². The Morgan fingerprint density at radius 2 is 1.71 bits per heavy atom. The van der Waals surface area contributed by atoms with Crippen LogP contribution in [0.2, 0.25) is 0 Å². The first-order valence-electron chi connectivity index (χ1n) is 5.57. The van der Waals surface area contributed by atoms with E-state index in [2.05, 4.69) is 4.99 Å². The van der Waals surface area contributed by atoms with Crippen LogP contribution in [0.25, 0.3) is 0 Å². The molecular weight excluding hydrogens is 210 g/mol. The average molecular weight is 225 g/mol. The molecule has 0 aliphatic rings. The van der Waals surface area contributed by atoms with Gasteiger partial charge in [-0.2, -0.15) is 0 Å². The van der Waals surface area contributed by atoms with E-state index in [1.165, 1.54) is 0 Å². The summed E-state index contributed by atoms with van der Waals surface area (Å²) in [6.07, 6.45) is 1.88. The summed E-state index contributed by atoms with van der Waals surface area (Å²) in [7, 11) is 1.68. The molecule has 0 aliphatic heterocycles. The summed E-state index contributed by atoms with van der Waals surface area (Å²) < 4.78 is 5.27. The number of benzene rings is 2. The Kier molecular flexibility index (Phi) is 3.92. The van der Waals surface area contributed by atoms with Gasteiger partial charge in [0, 0.05) is 11.8 Å². The molecule has 0 fully saturated rings. The minimum Gasteiger partial charge on any atom is -0.496 e. The zero-order valence-electron chi connectivity index (χ0n) is 9.84. The minimum atomic E-state index is 0.638. The Balaban J connectivity index is 2.05. The molecule has 0 atom stereocenters. The van der Waals surface area contributed by atoms with Crippen molar-refractivity contribution in [3.8, 4) is 5.75 Å². The maximum atomic E-state index is 5.27. The molecule has 0 N–H and O–H groups in total. The summed E-state index contributed by atoms with van der Waals surface area (Å²) >= 11 is 0. The summed E-state index contributed by atoms with van der Waals surface area (Å²) in [6, 6.07) is 18.0. The smallest absolute Gasteiger partial charge is 0.123 e. The molecule has 0 amide bonds. The summed E-state index contributed by atoms with van der Waals surface area (Å²) in [4.78, 5) is 4.42. The molecule has 2 rings (SSSR count). The molecule has 0 saturated carbocycles. The lowest BCUT2D eigenvalue weighted by Crippen LogP contribution is -1.90. The molecule has 2 aromatic rings. The van der Waals surface area contributed by atoms with Crippen LogP contribution < -0.4 is 4.74 Å². The van der Waals surface area contributed by atoms with Crippen LogP contribution >= 0.6 is 0 Å². The van der Waals surface area contributed by atoms with Gasteiger partial charge in [-0.1, -0.05) is 48.5 Å². The second-order valence-electron chi connectivity index (χ2n) is 3.69. The van der Waals surface area contributed by atoms with Crippen LogP contribution in [0, 0.1) is 0 Å². The van der Waals surface area contributed by atoms with Gasteiger partial charge in [0.2, 0.25) is 0 Å². The van der Waals surface area contributed by atoms with Gasteiger partial charge in [-0.15, -0.1) is 0 Å². The maximum Gasteiger partial charge on any atom is 0.123 e. The fraction of sp³-hybridized carbons (Fsp3) is 0.133. The fourth-order valence-corrected chi connectivity index (χ4v) is 1.62.